The van der Waals surface area contributed by atoms with Crippen LogP contribution in [0.25, 0.3) is 5.65 Å². The molecule has 0 aliphatic carbocycles. The number of amides is 1. The SMILES string of the molecule is O=C(NCc1cccc2ncnn12)C(c1cccnc1)N1CCCC1. The molecule has 128 valence electrons. The van der Waals surface area contributed by atoms with E-state index in [-0.39, 0.29) is 11.9 Å². The third-order valence-electron chi connectivity index (χ3n) is 4.58. The third-order valence-corrected chi connectivity index (χ3v) is 4.58. The summed E-state index contributed by atoms with van der Waals surface area (Å²) in [7, 11) is 0. The Labute approximate surface area is 145 Å². The van der Waals surface area contributed by atoms with Gasteiger partial charge >= 0.3 is 0 Å². The summed E-state index contributed by atoms with van der Waals surface area (Å²) in [5, 5.41) is 7.27. The summed E-state index contributed by atoms with van der Waals surface area (Å²) in [5.74, 6) is -0.00739. The van der Waals surface area contributed by atoms with E-state index in [2.05, 4.69) is 25.3 Å². The Hall–Kier alpha value is -2.80. The second-order valence-corrected chi connectivity index (χ2v) is 6.20. The molecule has 7 nitrogen and oxygen atoms in total. The summed E-state index contributed by atoms with van der Waals surface area (Å²) >= 11 is 0. The number of carbonyl (C=O) groups is 1. The Morgan fingerprint density at radius 2 is 2.08 bits per heavy atom. The lowest BCUT2D eigenvalue weighted by molar-refractivity contribution is -0.126. The number of hydrogen-bond acceptors (Lipinski definition) is 5. The summed E-state index contributed by atoms with van der Waals surface area (Å²) in [6.07, 6.45) is 7.28. The molecule has 0 saturated carbocycles. The van der Waals surface area contributed by atoms with E-state index in [0.717, 1.165) is 42.8 Å². The van der Waals surface area contributed by atoms with E-state index in [1.54, 1.807) is 16.9 Å². The Morgan fingerprint density at radius 3 is 2.88 bits per heavy atom. The summed E-state index contributed by atoms with van der Waals surface area (Å²) in [5.41, 5.74) is 2.60. The fourth-order valence-electron chi connectivity index (χ4n) is 3.37. The molecule has 1 saturated heterocycles. The molecule has 0 aromatic carbocycles. The minimum absolute atomic E-state index is 0.00739. The molecule has 4 heterocycles. The molecule has 4 rings (SSSR count). The highest BCUT2D eigenvalue weighted by Crippen LogP contribution is 2.24. The van der Waals surface area contributed by atoms with Gasteiger partial charge in [-0.15, -0.1) is 0 Å². The maximum Gasteiger partial charge on any atom is 0.242 e. The van der Waals surface area contributed by atoms with Gasteiger partial charge in [0.2, 0.25) is 5.91 Å². The number of nitrogens with one attached hydrogen (secondary N) is 1. The van der Waals surface area contributed by atoms with Crippen molar-refractivity contribution in [3.05, 3.63) is 60.3 Å². The monoisotopic (exact) mass is 336 g/mol. The highest BCUT2D eigenvalue weighted by Gasteiger charge is 2.29. The normalized spacial score (nSPS) is 16.2. The number of nitrogens with zero attached hydrogens (tertiary/aromatic N) is 5. The van der Waals surface area contributed by atoms with E-state index in [9.17, 15) is 4.79 Å². The maximum atomic E-state index is 13.0. The fourth-order valence-corrected chi connectivity index (χ4v) is 3.37. The van der Waals surface area contributed by atoms with Gasteiger partial charge in [-0.1, -0.05) is 12.1 Å². The largest absolute Gasteiger partial charge is 0.349 e. The number of hydrogen-bond donors (Lipinski definition) is 1. The molecule has 0 bridgehead atoms. The summed E-state index contributed by atoms with van der Waals surface area (Å²) in [6, 6.07) is 9.30. The first-order valence-corrected chi connectivity index (χ1v) is 8.52. The number of carbonyl (C=O) groups excluding carboxylic acids is 1. The molecule has 1 N–H and O–H groups in total. The van der Waals surface area contributed by atoms with Gasteiger partial charge in [0.15, 0.2) is 5.65 Å². The number of pyridine rings is 2. The topological polar surface area (TPSA) is 75.4 Å². The molecule has 25 heavy (non-hydrogen) atoms. The van der Waals surface area contributed by atoms with Crippen molar-refractivity contribution in [3.8, 4) is 0 Å². The summed E-state index contributed by atoms with van der Waals surface area (Å²) in [4.78, 5) is 23.5. The Balaban J connectivity index is 1.53. The molecule has 1 aliphatic heterocycles. The van der Waals surface area contributed by atoms with E-state index >= 15 is 0 Å². The molecule has 0 radical (unpaired) electrons. The van der Waals surface area contributed by atoms with E-state index in [1.165, 1.54) is 6.33 Å². The predicted octanol–water partition coefficient (Wildman–Crippen LogP) is 1.58. The first kappa shape index (κ1) is 15.7. The van der Waals surface area contributed by atoms with Gasteiger partial charge in [-0.2, -0.15) is 5.10 Å². The van der Waals surface area contributed by atoms with Gasteiger partial charge < -0.3 is 5.32 Å². The Morgan fingerprint density at radius 1 is 1.20 bits per heavy atom. The molecule has 0 spiro atoms. The number of fused-ring (bicyclic) bond motifs is 1. The van der Waals surface area contributed by atoms with Crippen molar-refractivity contribution >= 4 is 11.6 Å². The Bertz CT molecular complexity index is 856. The standard InChI is InChI=1S/C18H20N6O/c25-18(20-12-15-6-3-7-16-21-13-22-24(15)16)17(23-9-1-2-10-23)14-5-4-8-19-11-14/h3-8,11,13,17H,1-2,9-10,12H2,(H,20,25). The van der Waals surface area contributed by atoms with Gasteiger partial charge in [-0.3, -0.25) is 14.7 Å². The zero-order valence-corrected chi connectivity index (χ0v) is 13.9. The van der Waals surface area contributed by atoms with E-state index < -0.39 is 0 Å². The van der Waals surface area contributed by atoms with E-state index in [1.807, 2.05) is 30.3 Å². The molecule has 1 aliphatic rings. The Kier molecular flexibility index (Phi) is 4.39. The molecular formula is C18H20N6O. The van der Waals surface area contributed by atoms with Gasteiger partial charge in [-0.25, -0.2) is 9.50 Å². The number of rotatable bonds is 5. The first-order valence-electron chi connectivity index (χ1n) is 8.52. The van der Waals surface area contributed by atoms with Gasteiger partial charge in [0.05, 0.1) is 12.2 Å². The highest BCUT2D eigenvalue weighted by molar-refractivity contribution is 5.83. The average Bonchev–Trinajstić information content (AvgIpc) is 3.33. The summed E-state index contributed by atoms with van der Waals surface area (Å²) < 4.78 is 1.75. The molecule has 3 aromatic heterocycles. The van der Waals surface area contributed by atoms with Crippen LogP contribution in [0.5, 0.6) is 0 Å². The fraction of sp³-hybridized carbons (Fsp3) is 0.333. The van der Waals surface area contributed by atoms with Gasteiger partial charge in [0, 0.05) is 12.4 Å². The van der Waals surface area contributed by atoms with Crippen LogP contribution in [-0.4, -0.2) is 43.5 Å². The first-order chi connectivity index (χ1) is 12.3. The molecule has 1 fully saturated rings. The van der Waals surface area contributed by atoms with Crippen LogP contribution in [0.3, 0.4) is 0 Å². The van der Waals surface area contributed by atoms with Crippen LogP contribution in [-0.2, 0) is 11.3 Å². The minimum atomic E-state index is -0.300. The van der Waals surface area contributed by atoms with Crippen LogP contribution in [0.1, 0.15) is 30.1 Å². The van der Waals surface area contributed by atoms with Gasteiger partial charge in [0.1, 0.15) is 12.4 Å². The molecule has 1 atom stereocenters. The van der Waals surface area contributed by atoms with Crippen molar-refractivity contribution in [1.82, 2.24) is 29.8 Å². The second-order valence-electron chi connectivity index (χ2n) is 6.20. The quantitative estimate of drug-likeness (QED) is 0.765. The maximum absolute atomic E-state index is 13.0. The van der Waals surface area contributed by atoms with Crippen LogP contribution < -0.4 is 5.32 Å². The average molecular weight is 336 g/mol. The lowest BCUT2D eigenvalue weighted by Crippen LogP contribution is -2.39. The smallest absolute Gasteiger partial charge is 0.242 e. The molecule has 1 unspecified atom stereocenters. The minimum Gasteiger partial charge on any atom is -0.349 e. The van der Waals surface area contributed by atoms with Crippen LogP contribution in [0.2, 0.25) is 0 Å². The molecule has 7 heteroatoms. The van der Waals surface area contributed by atoms with Crippen molar-refractivity contribution in [3.63, 3.8) is 0 Å². The van der Waals surface area contributed by atoms with Gasteiger partial charge in [-0.05, 0) is 49.7 Å². The van der Waals surface area contributed by atoms with Crippen molar-refractivity contribution in [2.24, 2.45) is 0 Å². The number of aromatic nitrogens is 4. The summed E-state index contributed by atoms with van der Waals surface area (Å²) in [6.45, 7) is 2.28. The molecule has 1 amide bonds. The van der Waals surface area contributed by atoms with Crippen LogP contribution in [0.4, 0.5) is 0 Å². The van der Waals surface area contributed by atoms with E-state index in [4.69, 9.17) is 0 Å². The van der Waals surface area contributed by atoms with E-state index in [0.29, 0.717) is 6.54 Å². The zero-order valence-electron chi connectivity index (χ0n) is 13.9. The predicted molar refractivity (Wildman–Crippen MR) is 92.6 cm³/mol. The van der Waals surface area contributed by atoms with Crippen LogP contribution >= 0.6 is 0 Å². The third kappa shape index (κ3) is 3.23. The second kappa shape index (κ2) is 6.98. The molecular weight excluding hydrogens is 316 g/mol. The lowest BCUT2D eigenvalue weighted by Gasteiger charge is -2.26. The van der Waals surface area contributed by atoms with Crippen molar-refractivity contribution in [1.29, 1.82) is 0 Å². The highest BCUT2D eigenvalue weighted by atomic mass is 16.2. The van der Waals surface area contributed by atoms with Crippen LogP contribution in [0.15, 0.2) is 49.1 Å². The van der Waals surface area contributed by atoms with Crippen molar-refractivity contribution in [2.75, 3.05) is 13.1 Å². The zero-order chi connectivity index (χ0) is 17.1. The van der Waals surface area contributed by atoms with Gasteiger partial charge in [0.25, 0.3) is 0 Å². The lowest BCUT2D eigenvalue weighted by atomic mass is 10.1. The molecule has 3 aromatic rings. The van der Waals surface area contributed by atoms with Crippen molar-refractivity contribution in [2.45, 2.75) is 25.4 Å². The van der Waals surface area contributed by atoms with Crippen LogP contribution in [0, 0.1) is 0 Å². The van der Waals surface area contributed by atoms with Crippen molar-refractivity contribution < 1.29 is 4.79 Å². The number of likely N-dealkylation sites (tertiary alicyclic amines) is 1.